The lowest BCUT2D eigenvalue weighted by Gasteiger charge is -2.06. The molecule has 108 valence electrons. The average molecular weight is 306 g/mol. The van der Waals surface area contributed by atoms with Crippen LogP contribution >= 0.6 is 0 Å². The number of benzene rings is 3. The number of halogens is 1. The molecular formula is C20H16ClN. The molecule has 1 aromatic heterocycles. The Morgan fingerprint density at radius 2 is 1.36 bits per heavy atom. The van der Waals surface area contributed by atoms with Crippen molar-refractivity contribution in [2.45, 2.75) is 6.92 Å². The van der Waals surface area contributed by atoms with E-state index in [-0.39, 0.29) is 12.4 Å². The van der Waals surface area contributed by atoms with E-state index in [0.717, 1.165) is 0 Å². The van der Waals surface area contributed by atoms with E-state index in [0.29, 0.717) is 0 Å². The minimum atomic E-state index is 0. The van der Waals surface area contributed by atoms with Crippen molar-refractivity contribution in [1.29, 1.82) is 0 Å². The van der Waals surface area contributed by atoms with E-state index in [1.165, 1.54) is 32.9 Å². The van der Waals surface area contributed by atoms with Crippen LogP contribution in [-0.2, 0) is 0 Å². The zero-order chi connectivity index (χ0) is 14.2. The Bertz CT molecular complexity index is 955. The number of rotatable bonds is 1. The van der Waals surface area contributed by atoms with Gasteiger partial charge in [0.05, 0.1) is 0 Å². The first kappa shape index (κ1) is 14.6. The molecule has 0 aliphatic heterocycles. The first-order chi connectivity index (χ1) is 10.3. The highest BCUT2D eigenvalue weighted by molar-refractivity contribution is 5.87. The lowest BCUT2D eigenvalue weighted by atomic mass is 10.0. The number of fused-ring (bicyclic) bond motifs is 2. The van der Waals surface area contributed by atoms with Crippen molar-refractivity contribution in [1.82, 2.24) is 0 Å². The summed E-state index contributed by atoms with van der Waals surface area (Å²) in [5.41, 5.74) is 3.79. The quantitative estimate of drug-likeness (QED) is 0.470. The highest BCUT2D eigenvalue weighted by atomic mass is 35.5. The second kappa shape index (κ2) is 5.78. The lowest BCUT2D eigenvalue weighted by Crippen LogP contribution is -3.00. The summed E-state index contributed by atoms with van der Waals surface area (Å²) in [5.74, 6) is 0. The Labute approximate surface area is 136 Å². The lowest BCUT2D eigenvalue weighted by molar-refractivity contribution is -0.567. The molecule has 4 aromatic rings. The summed E-state index contributed by atoms with van der Waals surface area (Å²) >= 11 is 0. The topological polar surface area (TPSA) is 3.88 Å². The summed E-state index contributed by atoms with van der Waals surface area (Å²) in [6.45, 7) is 2.20. The fraction of sp³-hybridized carbons (Fsp3) is 0.0500. The zero-order valence-corrected chi connectivity index (χ0v) is 13.1. The molecule has 0 amide bonds. The summed E-state index contributed by atoms with van der Waals surface area (Å²) in [7, 11) is 0. The second-order valence-electron chi connectivity index (χ2n) is 5.37. The van der Waals surface area contributed by atoms with Gasteiger partial charge in [0, 0.05) is 29.1 Å². The summed E-state index contributed by atoms with van der Waals surface area (Å²) in [6.07, 6.45) is 2.14. The molecule has 1 heterocycles. The van der Waals surface area contributed by atoms with Crippen molar-refractivity contribution in [3.63, 3.8) is 0 Å². The maximum absolute atomic E-state index is 2.27. The first-order valence-corrected chi connectivity index (χ1v) is 7.23. The molecular weight excluding hydrogens is 290 g/mol. The van der Waals surface area contributed by atoms with Crippen LogP contribution in [0.1, 0.15) is 5.56 Å². The Hall–Kier alpha value is -2.38. The minimum absolute atomic E-state index is 0. The first-order valence-electron chi connectivity index (χ1n) is 7.23. The summed E-state index contributed by atoms with van der Waals surface area (Å²) in [6, 6.07) is 25.7. The van der Waals surface area contributed by atoms with Crippen LogP contribution in [0.4, 0.5) is 0 Å². The number of hydrogen-bond donors (Lipinski definition) is 0. The Morgan fingerprint density at radius 3 is 2.23 bits per heavy atom. The van der Waals surface area contributed by atoms with E-state index < -0.39 is 0 Å². The van der Waals surface area contributed by atoms with E-state index in [2.05, 4.69) is 90.5 Å². The van der Waals surface area contributed by atoms with Crippen LogP contribution in [0, 0.1) is 6.92 Å². The van der Waals surface area contributed by atoms with Crippen molar-refractivity contribution >= 4 is 21.7 Å². The van der Waals surface area contributed by atoms with Gasteiger partial charge < -0.3 is 12.4 Å². The van der Waals surface area contributed by atoms with Crippen molar-refractivity contribution in [3.05, 3.63) is 84.6 Å². The van der Waals surface area contributed by atoms with Crippen molar-refractivity contribution in [2.24, 2.45) is 0 Å². The van der Waals surface area contributed by atoms with Gasteiger partial charge in [-0.3, -0.25) is 0 Å². The SMILES string of the molecule is Cc1c(-[n+]2cccc3ccccc32)ccc2ccccc12.[Cl-]. The Balaban J connectivity index is 0.00000144. The van der Waals surface area contributed by atoms with E-state index in [9.17, 15) is 0 Å². The molecule has 0 bridgehead atoms. The predicted molar refractivity (Wildman–Crippen MR) is 87.7 cm³/mol. The third kappa shape index (κ3) is 2.24. The smallest absolute Gasteiger partial charge is 0.218 e. The van der Waals surface area contributed by atoms with Gasteiger partial charge in [-0.15, -0.1) is 0 Å². The van der Waals surface area contributed by atoms with Gasteiger partial charge in [-0.2, -0.15) is 4.57 Å². The van der Waals surface area contributed by atoms with Crippen molar-refractivity contribution in [3.8, 4) is 5.69 Å². The van der Waals surface area contributed by atoms with E-state index >= 15 is 0 Å². The molecule has 0 N–H and O–H groups in total. The Morgan fingerprint density at radius 1 is 0.682 bits per heavy atom. The van der Waals surface area contributed by atoms with Crippen LogP contribution in [0.25, 0.3) is 27.4 Å². The second-order valence-corrected chi connectivity index (χ2v) is 5.37. The molecule has 0 radical (unpaired) electrons. The summed E-state index contributed by atoms with van der Waals surface area (Å²) in [5, 5.41) is 3.86. The van der Waals surface area contributed by atoms with Crippen molar-refractivity contribution < 1.29 is 17.0 Å². The van der Waals surface area contributed by atoms with Gasteiger partial charge >= 0.3 is 0 Å². The van der Waals surface area contributed by atoms with Gasteiger partial charge in [0.15, 0.2) is 6.20 Å². The molecule has 3 aromatic carbocycles. The molecule has 0 unspecified atom stereocenters. The summed E-state index contributed by atoms with van der Waals surface area (Å²) < 4.78 is 2.27. The average Bonchev–Trinajstić information content (AvgIpc) is 2.55. The van der Waals surface area contributed by atoms with Gasteiger partial charge in [-0.25, -0.2) is 0 Å². The van der Waals surface area contributed by atoms with E-state index in [1.807, 2.05) is 0 Å². The maximum Gasteiger partial charge on any atom is 0.218 e. The maximum atomic E-state index is 2.27. The molecule has 0 atom stereocenters. The molecule has 0 aliphatic carbocycles. The number of pyridine rings is 1. The molecule has 4 rings (SSSR count). The highest BCUT2D eigenvalue weighted by Gasteiger charge is 2.15. The van der Waals surface area contributed by atoms with Crippen LogP contribution in [0.15, 0.2) is 79.0 Å². The molecule has 0 fully saturated rings. The van der Waals surface area contributed by atoms with Crippen LogP contribution in [0.5, 0.6) is 0 Å². The Kier molecular flexibility index (Phi) is 3.82. The van der Waals surface area contributed by atoms with Gasteiger partial charge in [-0.05, 0) is 35.9 Å². The van der Waals surface area contributed by atoms with Crippen LogP contribution < -0.4 is 17.0 Å². The van der Waals surface area contributed by atoms with Gasteiger partial charge in [0.2, 0.25) is 11.2 Å². The minimum Gasteiger partial charge on any atom is -1.00 e. The van der Waals surface area contributed by atoms with E-state index in [1.54, 1.807) is 0 Å². The molecule has 0 saturated heterocycles. The fourth-order valence-electron chi connectivity index (χ4n) is 3.05. The van der Waals surface area contributed by atoms with Crippen LogP contribution in [0.2, 0.25) is 0 Å². The standard InChI is InChI=1S/C20H16N.ClH/c1-15-18-10-4-2-7-16(18)12-13-19(15)21-14-6-9-17-8-3-5-11-20(17)21;/h2-14H,1H3;1H/q+1;/p-1. The number of nitrogens with zero attached hydrogens (tertiary/aromatic N) is 1. The van der Waals surface area contributed by atoms with Crippen LogP contribution in [-0.4, -0.2) is 0 Å². The van der Waals surface area contributed by atoms with Crippen molar-refractivity contribution in [2.75, 3.05) is 0 Å². The van der Waals surface area contributed by atoms with Gasteiger partial charge in [-0.1, -0.05) is 36.4 Å². The van der Waals surface area contributed by atoms with Gasteiger partial charge in [0.25, 0.3) is 0 Å². The number of aromatic nitrogens is 1. The molecule has 0 aliphatic rings. The van der Waals surface area contributed by atoms with Gasteiger partial charge in [0.1, 0.15) is 0 Å². The predicted octanol–water partition coefficient (Wildman–Crippen LogP) is 1.58. The third-order valence-corrected chi connectivity index (χ3v) is 4.14. The molecule has 0 saturated carbocycles. The number of para-hydroxylation sites is 1. The number of aryl methyl sites for hydroxylation is 1. The monoisotopic (exact) mass is 305 g/mol. The fourth-order valence-corrected chi connectivity index (χ4v) is 3.05. The van der Waals surface area contributed by atoms with E-state index in [4.69, 9.17) is 0 Å². The number of hydrogen-bond acceptors (Lipinski definition) is 0. The molecule has 22 heavy (non-hydrogen) atoms. The summed E-state index contributed by atoms with van der Waals surface area (Å²) in [4.78, 5) is 0. The normalized spacial score (nSPS) is 10.6. The highest BCUT2D eigenvalue weighted by Crippen LogP contribution is 2.22. The third-order valence-electron chi connectivity index (χ3n) is 4.14. The molecule has 1 nitrogen and oxygen atoms in total. The largest absolute Gasteiger partial charge is 1.00 e. The molecule has 2 heteroatoms. The van der Waals surface area contributed by atoms with Crippen LogP contribution in [0.3, 0.4) is 0 Å². The molecule has 0 spiro atoms. The zero-order valence-electron chi connectivity index (χ0n) is 12.3.